The van der Waals surface area contributed by atoms with Crippen LogP contribution in [0.25, 0.3) is 0 Å². The topological polar surface area (TPSA) is 60.5 Å². The Morgan fingerprint density at radius 3 is 2.94 bits per heavy atom. The highest BCUT2D eigenvalue weighted by molar-refractivity contribution is 9.10. The minimum absolute atomic E-state index is 0.0975. The quantitative estimate of drug-likeness (QED) is 0.584. The van der Waals surface area contributed by atoms with Gasteiger partial charge in [0.1, 0.15) is 0 Å². The molecule has 1 aromatic rings. The molecule has 0 fully saturated rings. The first kappa shape index (κ1) is 15.6. The number of carbonyl (C=O) groups excluding carboxylic acids is 1. The van der Waals surface area contributed by atoms with Crippen molar-refractivity contribution in [2.24, 2.45) is 0 Å². The Balaban J connectivity index is 2.20. The molecule has 0 aliphatic rings. The fraction of sp³-hybridized carbons (Fsp3) is 0.636. The molecular formula is C11H17BrN2O3S. The number of hydrogen-bond donors (Lipinski definition) is 1. The van der Waals surface area contributed by atoms with Gasteiger partial charge in [-0.15, -0.1) is 11.3 Å². The van der Waals surface area contributed by atoms with E-state index < -0.39 is 0 Å². The largest absolute Gasteiger partial charge is 0.382 e. The van der Waals surface area contributed by atoms with E-state index in [4.69, 9.17) is 9.47 Å². The first-order valence-electron chi connectivity index (χ1n) is 5.57. The molecule has 18 heavy (non-hydrogen) atoms. The van der Waals surface area contributed by atoms with Crippen molar-refractivity contribution in [3.05, 3.63) is 11.1 Å². The van der Waals surface area contributed by atoms with Crippen LogP contribution in [0.2, 0.25) is 0 Å². The number of aryl methyl sites for hydroxylation is 1. The lowest BCUT2D eigenvalue weighted by molar-refractivity contribution is -0.115. The van der Waals surface area contributed by atoms with Crippen LogP contribution in [0, 0.1) is 6.92 Å². The van der Waals surface area contributed by atoms with Crippen LogP contribution >= 0.6 is 27.3 Å². The summed E-state index contributed by atoms with van der Waals surface area (Å²) in [5.41, 5.74) is 0.907. The van der Waals surface area contributed by atoms with E-state index in [-0.39, 0.29) is 10.7 Å². The molecule has 7 heteroatoms. The van der Waals surface area contributed by atoms with Crippen molar-refractivity contribution in [2.45, 2.75) is 18.2 Å². The predicted octanol–water partition coefficient (Wildman–Crippen LogP) is 2.21. The highest BCUT2D eigenvalue weighted by Gasteiger charge is 2.15. The molecule has 1 atom stereocenters. The monoisotopic (exact) mass is 336 g/mol. The van der Waals surface area contributed by atoms with E-state index >= 15 is 0 Å². The van der Waals surface area contributed by atoms with Crippen molar-refractivity contribution in [1.29, 1.82) is 0 Å². The van der Waals surface area contributed by atoms with E-state index in [1.165, 1.54) is 11.3 Å². The number of alkyl halides is 1. The molecule has 0 aliphatic heterocycles. The van der Waals surface area contributed by atoms with Crippen molar-refractivity contribution in [3.8, 4) is 0 Å². The molecule has 1 N–H and O–H groups in total. The average molecular weight is 337 g/mol. The summed E-state index contributed by atoms with van der Waals surface area (Å²) in [6.07, 6.45) is 0.611. The number of methoxy groups -OCH3 is 1. The van der Waals surface area contributed by atoms with Gasteiger partial charge in [-0.3, -0.25) is 4.79 Å². The van der Waals surface area contributed by atoms with Crippen molar-refractivity contribution < 1.29 is 14.3 Å². The van der Waals surface area contributed by atoms with Gasteiger partial charge in [-0.1, -0.05) is 15.9 Å². The number of hydrogen-bond acceptors (Lipinski definition) is 5. The van der Waals surface area contributed by atoms with Crippen LogP contribution in [0.1, 0.15) is 12.1 Å². The van der Waals surface area contributed by atoms with Gasteiger partial charge in [-0.05, 0) is 13.3 Å². The number of aromatic nitrogens is 1. The number of ether oxygens (including phenoxy) is 2. The molecule has 0 spiro atoms. The number of halogens is 1. The zero-order valence-electron chi connectivity index (χ0n) is 10.4. The Morgan fingerprint density at radius 2 is 2.33 bits per heavy atom. The molecule has 0 aromatic carbocycles. The Bertz CT molecular complexity index is 373. The SMILES string of the molecule is COCCOCCC(Br)C(=O)Nc1nc(C)cs1. The molecule has 5 nitrogen and oxygen atoms in total. The summed E-state index contributed by atoms with van der Waals surface area (Å²) in [6, 6.07) is 0. The summed E-state index contributed by atoms with van der Waals surface area (Å²) in [4.78, 5) is 15.7. The highest BCUT2D eigenvalue weighted by Crippen LogP contribution is 2.16. The second-order valence-electron chi connectivity index (χ2n) is 3.64. The van der Waals surface area contributed by atoms with Gasteiger partial charge in [0.05, 0.1) is 23.7 Å². The van der Waals surface area contributed by atoms with Crippen molar-refractivity contribution in [3.63, 3.8) is 0 Å². The van der Waals surface area contributed by atoms with Crippen LogP contribution in [0.4, 0.5) is 5.13 Å². The number of carbonyl (C=O) groups is 1. The van der Waals surface area contributed by atoms with Gasteiger partial charge in [0.2, 0.25) is 5.91 Å². The second-order valence-corrected chi connectivity index (χ2v) is 5.61. The molecule has 0 aliphatic carbocycles. The summed E-state index contributed by atoms with van der Waals surface area (Å²) < 4.78 is 10.2. The fourth-order valence-corrected chi connectivity index (χ4v) is 2.15. The molecule has 0 radical (unpaired) electrons. The summed E-state index contributed by atoms with van der Waals surface area (Å²) in [5, 5.41) is 5.28. The first-order chi connectivity index (χ1) is 8.63. The van der Waals surface area contributed by atoms with Crippen molar-refractivity contribution in [1.82, 2.24) is 4.98 Å². The van der Waals surface area contributed by atoms with Gasteiger partial charge in [-0.25, -0.2) is 4.98 Å². The molecule has 1 rings (SSSR count). The van der Waals surface area contributed by atoms with E-state index in [2.05, 4.69) is 26.2 Å². The van der Waals surface area contributed by atoms with Crippen LogP contribution < -0.4 is 5.32 Å². The standard InChI is InChI=1S/C11H17BrN2O3S/c1-8-7-18-11(13-8)14-10(15)9(12)3-4-17-6-5-16-2/h7,9H,3-6H2,1-2H3,(H,13,14,15). The zero-order valence-corrected chi connectivity index (χ0v) is 12.8. The van der Waals surface area contributed by atoms with E-state index in [0.717, 1.165) is 5.69 Å². The Morgan fingerprint density at radius 1 is 1.56 bits per heavy atom. The van der Waals surface area contributed by atoms with Gasteiger partial charge >= 0.3 is 0 Å². The molecular weight excluding hydrogens is 320 g/mol. The highest BCUT2D eigenvalue weighted by atomic mass is 79.9. The third-order valence-corrected chi connectivity index (χ3v) is 3.83. The van der Waals surface area contributed by atoms with E-state index in [1.807, 2.05) is 12.3 Å². The molecule has 1 heterocycles. The maximum absolute atomic E-state index is 11.8. The molecule has 1 unspecified atom stereocenters. The van der Waals surface area contributed by atoms with E-state index in [1.54, 1.807) is 7.11 Å². The number of anilines is 1. The van der Waals surface area contributed by atoms with Crippen LogP contribution in [-0.4, -0.2) is 42.6 Å². The number of nitrogens with one attached hydrogen (secondary N) is 1. The maximum atomic E-state index is 11.8. The number of rotatable bonds is 8. The summed E-state index contributed by atoms with van der Waals surface area (Å²) in [5.74, 6) is -0.0975. The van der Waals surface area contributed by atoms with Crippen molar-refractivity contribution in [2.75, 3.05) is 32.2 Å². The van der Waals surface area contributed by atoms with Gasteiger partial charge in [0.25, 0.3) is 0 Å². The minimum atomic E-state index is -0.274. The third-order valence-electron chi connectivity index (χ3n) is 2.08. The van der Waals surface area contributed by atoms with Gasteiger partial charge in [0.15, 0.2) is 5.13 Å². The maximum Gasteiger partial charge on any atom is 0.240 e. The third kappa shape index (κ3) is 5.90. The number of nitrogens with zero attached hydrogens (tertiary/aromatic N) is 1. The van der Waals surface area contributed by atoms with Crippen molar-refractivity contribution >= 4 is 38.3 Å². The number of amides is 1. The zero-order chi connectivity index (χ0) is 13.4. The van der Waals surface area contributed by atoms with Crippen LogP contribution in [0.3, 0.4) is 0 Å². The van der Waals surface area contributed by atoms with Crippen LogP contribution in [0.5, 0.6) is 0 Å². The van der Waals surface area contributed by atoms with Gasteiger partial charge in [0, 0.05) is 19.1 Å². The smallest absolute Gasteiger partial charge is 0.240 e. The van der Waals surface area contributed by atoms with Crippen LogP contribution in [0.15, 0.2) is 5.38 Å². The Labute approximate surface area is 119 Å². The summed E-state index contributed by atoms with van der Waals surface area (Å²) in [7, 11) is 1.63. The predicted molar refractivity (Wildman–Crippen MR) is 75.5 cm³/mol. The molecule has 0 saturated heterocycles. The van der Waals surface area contributed by atoms with Gasteiger partial charge in [-0.2, -0.15) is 0 Å². The lowest BCUT2D eigenvalue weighted by Gasteiger charge is -2.09. The van der Waals surface area contributed by atoms with Crippen LogP contribution in [-0.2, 0) is 14.3 Å². The Kier molecular flexibility index (Phi) is 7.41. The molecule has 0 saturated carbocycles. The second kappa shape index (κ2) is 8.58. The lowest BCUT2D eigenvalue weighted by atomic mass is 10.3. The average Bonchev–Trinajstić information content (AvgIpc) is 2.74. The summed E-state index contributed by atoms with van der Waals surface area (Å²) >= 11 is 4.75. The molecule has 1 amide bonds. The molecule has 102 valence electrons. The fourth-order valence-electron chi connectivity index (χ4n) is 1.16. The van der Waals surface area contributed by atoms with Gasteiger partial charge < -0.3 is 14.8 Å². The normalized spacial score (nSPS) is 12.4. The first-order valence-corrected chi connectivity index (χ1v) is 7.36. The molecule has 1 aromatic heterocycles. The summed E-state index contributed by atoms with van der Waals surface area (Å²) in [6.45, 7) is 3.52. The molecule has 0 bridgehead atoms. The lowest BCUT2D eigenvalue weighted by Crippen LogP contribution is -2.24. The number of thiazole rings is 1. The minimum Gasteiger partial charge on any atom is -0.382 e. The van der Waals surface area contributed by atoms with E-state index in [9.17, 15) is 4.79 Å². The van der Waals surface area contributed by atoms with E-state index in [0.29, 0.717) is 31.4 Å². The Hall–Kier alpha value is -0.500.